The minimum absolute atomic E-state index is 0.226. The van der Waals surface area contributed by atoms with Crippen LogP contribution in [0.3, 0.4) is 0 Å². The van der Waals surface area contributed by atoms with Gasteiger partial charge in [0.1, 0.15) is 60.9 Å². The van der Waals surface area contributed by atoms with Gasteiger partial charge in [-0.25, -0.2) is 0 Å². The predicted octanol–water partition coefficient (Wildman–Crippen LogP) is 15.4. The fourth-order valence-corrected chi connectivity index (χ4v) is 10.3. The van der Waals surface area contributed by atoms with Crippen LogP contribution in [0, 0.1) is 0 Å². The summed E-state index contributed by atoms with van der Waals surface area (Å²) < 4.78 is 27.0. The molecule has 8 nitrogen and oxygen atoms in total. The Morgan fingerprint density at radius 3 is 0.987 bits per heavy atom. The largest absolute Gasteiger partial charge is 0.507 e. The average molecular weight is 1050 g/mol. The van der Waals surface area contributed by atoms with Crippen LogP contribution in [0.4, 0.5) is 0 Å². The fourth-order valence-electron chi connectivity index (χ4n) is 10.3. The van der Waals surface area contributed by atoms with Gasteiger partial charge in [0.05, 0.1) is 13.1 Å². The average Bonchev–Trinajstić information content (AvgIpc) is 3.37. The standard InChI is InChI=1S/C70H80N2O6/c1-67(2,3)57-33-49-29-53-37-59(69(7,8)9)39-55-31-51-35-58(68(4,5)6)36-52(64(51)74)32-56-40-60(70(10,11)12)38-54(30-50(34-57)63(49)73)66(56)76-27-25-72-42-48-21-14-16-23-62(48)78-44-46-19-17-18-45(28-46)43-77-61-22-15-13-20-47(61)41-71-24-26-75-65(53)55/h13-23,28,33-42,73-74H,24-27,29-32,43-44H2,1-12H3. The molecule has 2 N–H and O–H groups in total. The van der Waals surface area contributed by atoms with Crippen LogP contribution < -0.4 is 18.9 Å². The second kappa shape index (κ2) is 22.6. The number of phenolic OH excluding ortho intramolecular Hbond substituents is 2. The van der Waals surface area contributed by atoms with E-state index >= 15 is 0 Å². The zero-order valence-corrected chi connectivity index (χ0v) is 48.2. The summed E-state index contributed by atoms with van der Waals surface area (Å²) in [6.07, 6.45) is 5.37. The van der Waals surface area contributed by atoms with Gasteiger partial charge in [-0.05, 0) is 130 Å². The maximum Gasteiger partial charge on any atom is 0.128 e. The van der Waals surface area contributed by atoms with Crippen molar-refractivity contribution >= 4 is 12.4 Å². The smallest absolute Gasteiger partial charge is 0.128 e. The second-order valence-electron chi connectivity index (χ2n) is 25.5. The van der Waals surface area contributed by atoms with E-state index in [2.05, 4.69) is 150 Å². The molecule has 0 unspecified atom stereocenters. The highest BCUT2D eigenvalue weighted by molar-refractivity contribution is 5.84. The van der Waals surface area contributed by atoms with Crippen molar-refractivity contribution in [1.82, 2.24) is 0 Å². The Kier molecular flexibility index (Phi) is 16.0. The Bertz CT molecular complexity index is 3060. The molecule has 0 amide bonds. The molecular weight excluding hydrogens is 965 g/mol. The molecule has 10 rings (SSSR count). The van der Waals surface area contributed by atoms with E-state index in [9.17, 15) is 10.2 Å². The second-order valence-corrected chi connectivity index (χ2v) is 25.5. The minimum Gasteiger partial charge on any atom is -0.507 e. The maximum atomic E-state index is 12.8. The molecule has 8 heteroatoms. The maximum absolute atomic E-state index is 12.8. The lowest BCUT2D eigenvalue weighted by Crippen LogP contribution is -2.17. The number of rotatable bonds is 0. The van der Waals surface area contributed by atoms with Crippen molar-refractivity contribution in [3.63, 3.8) is 0 Å². The van der Waals surface area contributed by atoms with Crippen LogP contribution in [0.1, 0.15) is 172 Å². The third-order valence-electron chi connectivity index (χ3n) is 15.0. The zero-order valence-electron chi connectivity index (χ0n) is 48.2. The number of benzene rings is 7. The van der Waals surface area contributed by atoms with Gasteiger partial charge < -0.3 is 29.2 Å². The van der Waals surface area contributed by atoms with Crippen molar-refractivity contribution in [3.8, 4) is 34.5 Å². The van der Waals surface area contributed by atoms with Gasteiger partial charge in [-0.15, -0.1) is 0 Å². The van der Waals surface area contributed by atoms with Gasteiger partial charge >= 0.3 is 0 Å². The summed E-state index contributed by atoms with van der Waals surface area (Å²) in [4.78, 5) is 9.83. The zero-order chi connectivity index (χ0) is 55.6. The molecule has 3 aliphatic rings. The van der Waals surface area contributed by atoms with E-state index < -0.39 is 0 Å². The number of nitrogens with zero attached hydrogens (tertiary/aromatic N) is 2. The van der Waals surface area contributed by atoms with Crippen LogP contribution in [-0.4, -0.2) is 48.9 Å². The van der Waals surface area contributed by atoms with Crippen molar-refractivity contribution < 1.29 is 29.2 Å². The third kappa shape index (κ3) is 13.1. The number of aromatic hydroxyl groups is 2. The molecule has 78 heavy (non-hydrogen) atoms. The summed E-state index contributed by atoms with van der Waals surface area (Å²) in [5, 5.41) is 25.6. The monoisotopic (exact) mass is 1040 g/mol. The van der Waals surface area contributed by atoms with E-state index in [4.69, 9.17) is 28.9 Å². The first-order valence-corrected chi connectivity index (χ1v) is 27.8. The van der Waals surface area contributed by atoms with Crippen LogP contribution >= 0.6 is 0 Å². The third-order valence-corrected chi connectivity index (χ3v) is 15.0. The Morgan fingerprint density at radius 2 is 0.667 bits per heavy atom. The van der Waals surface area contributed by atoms with Crippen molar-refractivity contribution in [2.45, 2.75) is 144 Å². The molecule has 7 aromatic carbocycles. The molecule has 0 spiro atoms. The predicted molar refractivity (Wildman–Crippen MR) is 319 cm³/mol. The van der Waals surface area contributed by atoms with Crippen molar-refractivity contribution in [2.24, 2.45) is 9.98 Å². The lowest BCUT2D eigenvalue weighted by molar-refractivity contribution is 0.299. The molecule has 1 aliphatic carbocycles. The lowest BCUT2D eigenvalue weighted by Gasteiger charge is -2.28. The summed E-state index contributed by atoms with van der Waals surface area (Å²) in [5.41, 5.74) is 14.5. The first-order chi connectivity index (χ1) is 37.0. The Balaban J connectivity index is 1.26. The van der Waals surface area contributed by atoms with Crippen LogP contribution in [0.25, 0.3) is 0 Å². The fraction of sp³-hybridized carbons (Fsp3) is 0.371. The molecular formula is C70H80N2O6. The lowest BCUT2D eigenvalue weighted by atomic mass is 9.79. The van der Waals surface area contributed by atoms with Crippen molar-refractivity contribution in [1.29, 1.82) is 0 Å². The summed E-state index contributed by atoms with van der Waals surface area (Å²) in [6.45, 7) is 28.9. The molecule has 2 heterocycles. The van der Waals surface area contributed by atoms with Crippen LogP contribution in [-0.2, 0) is 60.6 Å². The number of ether oxygens (including phenoxy) is 4. The van der Waals surface area contributed by atoms with E-state index in [1.807, 2.05) is 67.0 Å². The van der Waals surface area contributed by atoms with Gasteiger partial charge in [0.25, 0.3) is 0 Å². The highest BCUT2D eigenvalue weighted by atomic mass is 16.5. The summed E-state index contributed by atoms with van der Waals surface area (Å²) in [7, 11) is 0. The molecule has 0 saturated carbocycles. The quantitative estimate of drug-likeness (QED) is 0.157. The van der Waals surface area contributed by atoms with Crippen molar-refractivity contribution in [2.75, 3.05) is 26.3 Å². The van der Waals surface area contributed by atoms with Crippen LogP contribution in [0.2, 0.25) is 0 Å². The van der Waals surface area contributed by atoms with Gasteiger partial charge in [-0.3, -0.25) is 9.98 Å². The Labute approximate surface area is 464 Å². The Morgan fingerprint density at radius 1 is 0.359 bits per heavy atom. The highest BCUT2D eigenvalue weighted by Gasteiger charge is 2.29. The van der Waals surface area contributed by atoms with Crippen LogP contribution in [0.15, 0.2) is 131 Å². The van der Waals surface area contributed by atoms with Gasteiger partial charge in [-0.2, -0.15) is 0 Å². The number of hydrogen-bond acceptors (Lipinski definition) is 8. The molecule has 0 aromatic heterocycles. The van der Waals surface area contributed by atoms with Gasteiger partial charge in [0.15, 0.2) is 0 Å². The van der Waals surface area contributed by atoms with E-state index in [0.29, 0.717) is 65.2 Å². The summed E-state index contributed by atoms with van der Waals surface area (Å²) >= 11 is 0. The van der Waals surface area contributed by atoms with E-state index in [0.717, 1.165) is 112 Å². The molecule has 0 fully saturated rings. The topological polar surface area (TPSA) is 102 Å². The number of fused-ring (bicyclic) bond motifs is 8. The first kappa shape index (κ1) is 55.4. The van der Waals surface area contributed by atoms with Gasteiger partial charge in [0, 0.05) is 49.2 Å². The van der Waals surface area contributed by atoms with Crippen LogP contribution in [0.5, 0.6) is 34.5 Å². The molecule has 0 radical (unpaired) electrons. The number of hydrogen-bond donors (Lipinski definition) is 2. The molecule has 0 saturated heterocycles. The van der Waals surface area contributed by atoms with Crippen molar-refractivity contribution in [3.05, 3.63) is 210 Å². The number of para-hydroxylation sites is 2. The Hall–Kier alpha value is -7.32. The highest BCUT2D eigenvalue weighted by Crippen LogP contribution is 2.44. The van der Waals surface area contributed by atoms with Gasteiger partial charge in [0.2, 0.25) is 0 Å². The first-order valence-electron chi connectivity index (χ1n) is 27.8. The van der Waals surface area contributed by atoms with Gasteiger partial charge in [-0.1, -0.05) is 174 Å². The SMILES string of the molecule is CC(C)(C)c1cc2c(O)c(c1)Cc1cc(C(C)(C)C)cc3c1OCCN=Cc1ccccc1OCc1cccc(c1)COc1ccccc1C=NCCOc1c(cc(C(C)(C)C)cc1Cc1cc(C(C)(C)C)cc(c1O)C3)C2. The molecule has 0 atom stereocenters. The van der Waals surface area contributed by atoms with E-state index in [1.165, 1.54) is 0 Å². The van der Waals surface area contributed by atoms with E-state index in [1.54, 1.807) is 0 Å². The number of phenols is 2. The number of aliphatic imine (C=N–C) groups is 2. The summed E-state index contributed by atoms with van der Waals surface area (Å²) in [5.74, 6) is 3.47. The molecule has 12 bridgehead atoms. The molecule has 2 aliphatic heterocycles. The summed E-state index contributed by atoms with van der Waals surface area (Å²) in [6, 6.07) is 42.0. The normalized spacial score (nSPS) is 14.8. The molecule has 7 aromatic rings. The van der Waals surface area contributed by atoms with E-state index in [-0.39, 0.29) is 33.2 Å². The minimum atomic E-state index is -0.233. The molecule has 406 valence electrons.